The van der Waals surface area contributed by atoms with E-state index in [1.807, 2.05) is 5.43 Å². The van der Waals surface area contributed by atoms with Gasteiger partial charge in [-0.25, -0.2) is 5.84 Å². The van der Waals surface area contributed by atoms with Crippen molar-refractivity contribution in [2.75, 3.05) is 13.2 Å². The normalized spacial score (nSPS) is 7.64. The van der Waals surface area contributed by atoms with Gasteiger partial charge in [0.25, 0.3) is 0 Å². The average Bonchev–Trinajstić information content (AvgIpc) is 1.98. The van der Waals surface area contributed by atoms with Gasteiger partial charge in [-0.15, -0.1) is 18.8 Å². The van der Waals surface area contributed by atoms with E-state index >= 15 is 0 Å². The smallest absolute Gasteiger partial charge is 0.236 e. The lowest BCUT2D eigenvalue weighted by Crippen LogP contribution is -2.30. The van der Waals surface area contributed by atoms with Crippen molar-refractivity contribution in [1.82, 2.24) is 5.43 Å². The van der Waals surface area contributed by atoms with Gasteiger partial charge in [0.2, 0.25) is 5.91 Å². The Morgan fingerprint density at radius 1 is 1.73 bits per heavy atom. The van der Waals surface area contributed by atoms with Crippen molar-refractivity contribution >= 4 is 18.3 Å². The van der Waals surface area contributed by atoms with Crippen molar-refractivity contribution in [2.45, 2.75) is 6.42 Å². The van der Waals surface area contributed by atoms with E-state index in [9.17, 15) is 4.79 Å². The van der Waals surface area contributed by atoms with Crippen LogP contribution in [0.2, 0.25) is 0 Å². The molecule has 0 bridgehead atoms. The molecule has 64 valence electrons. The molecule has 11 heavy (non-hydrogen) atoms. The summed E-state index contributed by atoms with van der Waals surface area (Å²) in [6.07, 6.45) is 5.13. The van der Waals surface area contributed by atoms with Crippen molar-refractivity contribution in [3.05, 3.63) is 0 Å². The van der Waals surface area contributed by atoms with Gasteiger partial charge in [0.1, 0.15) is 6.61 Å². The number of ether oxygens (including phenoxy) is 1. The lowest BCUT2D eigenvalue weighted by Gasteiger charge is -1.97. The van der Waals surface area contributed by atoms with E-state index in [1.165, 1.54) is 0 Å². The summed E-state index contributed by atoms with van der Waals surface area (Å²) in [5.74, 6) is 6.81. The van der Waals surface area contributed by atoms with Crippen LogP contribution in [0.25, 0.3) is 0 Å². The first-order chi connectivity index (χ1) is 4.81. The van der Waals surface area contributed by atoms with E-state index < -0.39 is 0 Å². The van der Waals surface area contributed by atoms with Crippen molar-refractivity contribution in [3.63, 3.8) is 0 Å². The van der Waals surface area contributed by atoms with E-state index in [4.69, 9.17) is 17.0 Å². The van der Waals surface area contributed by atoms with Crippen LogP contribution in [0.3, 0.4) is 0 Å². The van der Waals surface area contributed by atoms with Crippen LogP contribution in [0.15, 0.2) is 0 Å². The van der Waals surface area contributed by atoms with Gasteiger partial charge in [-0.2, -0.15) is 0 Å². The van der Waals surface area contributed by atoms with Gasteiger partial charge in [0.15, 0.2) is 0 Å². The molecular formula is C6H11ClN2O2. The highest BCUT2D eigenvalue weighted by Gasteiger charge is 1.95. The average molecular weight is 179 g/mol. The molecule has 0 aliphatic heterocycles. The van der Waals surface area contributed by atoms with E-state index in [0.29, 0.717) is 6.61 Å². The number of hydrogen-bond donors (Lipinski definition) is 2. The first kappa shape index (κ1) is 12.9. The lowest BCUT2D eigenvalue weighted by molar-refractivity contribution is -0.122. The SMILES string of the molecule is C#CCOCCC(=O)NN.Cl. The second-order valence-electron chi connectivity index (χ2n) is 1.57. The maximum atomic E-state index is 10.4. The molecule has 0 aromatic carbocycles. The van der Waals surface area contributed by atoms with E-state index in [2.05, 4.69) is 5.92 Å². The van der Waals surface area contributed by atoms with Crippen molar-refractivity contribution in [3.8, 4) is 12.3 Å². The molecule has 0 aromatic rings. The number of hydrogen-bond acceptors (Lipinski definition) is 3. The van der Waals surface area contributed by atoms with E-state index in [0.717, 1.165) is 0 Å². The van der Waals surface area contributed by atoms with Crippen LogP contribution in [0.5, 0.6) is 0 Å². The van der Waals surface area contributed by atoms with Crippen molar-refractivity contribution < 1.29 is 9.53 Å². The molecule has 0 heterocycles. The molecule has 0 aromatic heterocycles. The zero-order chi connectivity index (χ0) is 7.82. The van der Waals surface area contributed by atoms with E-state index in [-0.39, 0.29) is 31.3 Å². The van der Waals surface area contributed by atoms with Crippen LogP contribution in [0.4, 0.5) is 0 Å². The van der Waals surface area contributed by atoms with Gasteiger partial charge in [-0.1, -0.05) is 5.92 Å². The number of carbonyl (C=O) groups is 1. The molecule has 0 aliphatic carbocycles. The second kappa shape index (κ2) is 9.24. The summed E-state index contributed by atoms with van der Waals surface area (Å²) in [6, 6.07) is 0. The Kier molecular flexibility index (Phi) is 10.8. The predicted octanol–water partition coefficient (Wildman–Crippen LogP) is -0.562. The van der Waals surface area contributed by atoms with Gasteiger partial charge < -0.3 is 4.74 Å². The molecule has 5 heteroatoms. The molecule has 0 fully saturated rings. The minimum atomic E-state index is -0.253. The number of rotatable bonds is 4. The number of nitrogens with two attached hydrogens (primary N) is 1. The number of hydrazine groups is 1. The monoisotopic (exact) mass is 178 g/mol. The highest BCUT2D eigenvalue weighted by atomic mass is 35.5. The summed E-state index contributed by atoms with van der Waals surface area (Å²) < 4.78 is 4.80. The van der Waals surface area contributed by atoms with Gasteiger partial charge in [-0.05, 0) is 0 Å². The summed E-state index contributed by atoms with van der Waals surface area (Å²) in [5.41, 5.74) is 1.97. The van der Waals surface area contributed by atoms with Crippen LogP contribution in [-0.4, -0.2) is 19.1 Å². The molecule has 1 amide bonds. The first-order valence-electron chi connectivity index (χ1n) is 2.82. The molecule has 0 atom stereocenters. The van der Waals surface area contributed by atoms with Gasteiger partial charge in [-0.3, -0.25) is 10.2 Å². The molecule has 0 rings (SSSR count). The van der Waals surface area contributed by atoms with Crippen LogP contribution < -0.4 is 11.3 Å². The van der Waals surface area contributed by atoms with Crippen molar-refractivity contribution in [2.24, 2.45) is 5.84 Å². The number of nitrogens with one attached hydrogen (secondary N) is 1. The third kappa shape index (κ3) is 9.24. The summed E-state index contributed by atoms with van der Waals surface area (Å²) in [7, 11) is 0. The molecule has 0 saturated heterocycles. The molecule has 3 N–H and O–H groups in total. The molecule has 4 nitrogen and oxygen atoms in total. The van der Waals surface area contributed by atoms with Crippen LogP contribution in [-0.2, 0) is 9.53 Å². The molecule has 0 aliphatic rings. The van der Waals surface area contributed by atoms with Gasteiger partial charge in [0, 0.05) is 0 Å². The Balaban J connectivity index is 0. The van der Waals surface area contributed by atoms with Gasteiger partial charge >= 0.3 is 0 Å². The fourth-order valence-corrected chi connectivity index (χ4v) is 0.368. The third-order valence-corrected chi connectivity index (χ3v) is 0.820. The molecule has 0 saturated carbocycles. The summed E-state index contributed by atoms with van der Waals surface area (Å²) >= 11 is 0. The maximum Gasteiger partial charge on any atom is 0.236 e. The Bertz CT molecular complexity index is 144. The minimum absolute atomic E-state index is 0. The third-order valence-electron chi connectivity index (χ3n) is 0.820. The molecule has 0 spiro atoms. The van der Waals surface area contributed by atoms with Crippen LogP contribution in [0, 0.1) is 12.3 Å². The summed E-state index contributed by atoms with van der Waals surface area (Å²) in [4.78, 5) is 10.4. The Labute approximate surface area is 71.9 Å². The number of halogens is 1. The number of carbonyl (C=O) groups excluding carboxylic acids is 1. The Morgan fingerprint density at radius 3 is 2.82 bits per heavy atom. The Hall–Kier alpha value is -0.760. The zero-order valence-corrected chi connectivity index (χ0v) is 6.82. The molecule has 0 unspecified atom stereocenters. The largest absolute Gasteiger partial charge is 0.368 e. The molecule has 0 radical (unpaired) electrons. The van der Waals surface area contributed by atoms with Crippen LogP contribution in [0.1, 0.15) is 6.42 Å². The fraction of sp³-hybridized carbons (Fsp3) is 0.500. The molecular weight excluding hydrogens is 168 g/mol. The zero-order valence-electron chi connectivity index (χ0n) is 6.00. The quantitative estimate of drug-likeness (QED) is 0.199. The first-order valence-corrected chi connectivity index (χ1v) is 2.82. The number of terminal acetylenes is 1. The lowest BCUT2D eigenvalue weighted by atomic mass is 10.4. The van der Waals surface area contributed by atoms with Crippen molar-refractivity contribution in [1.29, 1.82) is 0 Å². The summed E-state index contributed by atoms with van der Waals surface area (Å²) in [6.45, 7) is 0.547. The minimum Gasteiger partial charge on any atom is -0.368 e. The highest BCUT2D eigenvalue weighted by molar-refractivity contribution is 5.85. The number of amides is 1. The predicted molar refractivity (Wildman–Crippen MR) is 43.8 cm³/mol. The maximum absolute atomic E-state index is 10.4. The summed E-state index contributed by atoms with van der Waals surface area (Å²) in [5, 5.41) is 0. The van der Waals surface area contributed by atoms with E-state index in [1.54, 1.807) is 0 Å². The highest BCUT2D eigenvalue weighted by Crippen LogP contribution is 1.79. The van der Waals surface area contributed by atoms with Crippen LogP contribution >= 0.6 is 12.4 Å². The fourth-order valence-electron chi connectivity index (χ4n) is 0.368. The second-order valence-corrected chi connectivity index (χ2v) is 1.57. The van der Waals surface area contributed by atoms with Gasteiger partial charge in [0.05, 0.1) is 13.0 Å². The topological polar surface area (TPSA) is 64.3 Å². The Morgan fingerprint density at radius 2 is 2.36 bits per heavy atom. The standard InChI is InChI=1S/C6H10N2O2.ClH/c1-2-4-10-5-3-6(9)8-7;/h1H,3-5,7H2,(H,8,9);1H.